The number of rotatable bonds is 5. The van der Waals surface area contributed by atoms with Crippen molar-refractivity contribution < 1.29 is 14.6 Å². The van der Waals surface area contributed by atoms with Gasteiger partial charge in [-0.1, -0.05) is 18.2 Å². The van der Waals surface area contributed by atoms with Crippen molar-refractivity contribution in [2.45, 2.75) is 45.4 Å². The van der Waals surface area contributed by atoms with Crippen LogP contribution in [0.1, 0.15) is 32.3 Å². The molecular formula is C19H28N2O3. The van der Waals surface area contributed by atoms with Crippen molar-refractivity contribution >= 4 is 5.91 Å². The molecular weight excluding hydrogens is 304 g/mol. The van der Waals surface area contributed by atoms with Gasteiger partial charge in [-0.25, -0.2) is 0 Å². The zero-order valence-electron chi connectivity index (χ0n) is 14.6. The van der Waals surface area contributed by atoms with E-state index in [0.717, 1.165) is 38.2 Å². The second-order valence-corrected chi connectivity index (χ2v) is 7.10. The van der Waals surface area contributed by atoms with Crippen LogP contribution < -0.4 is 10.1 Å². The van der Waals surface area contributed by atoms with Crippen LogP contribution in [0.5, 0.6) is 5.75 Å². The molecule has 0 aromatic heterocycles. The third-order valence-corrected chi connectivity index (χ3v) is 5.27. The number of hydrogen-bond acceptors (Lipinski definition) is 4. The molecule has 2 N–H and O–H groups in total. The molecule has 1 aliphatic heterocycles. The number of para-hydroxylation sites is 1. The Bertz CT molecular complexity index is 577. The summed E-state index contributed by atoms with van der Waals surface area (Å²) in [6, 6.07) is 8.12. The minimum Gasteiger partial charge on any atom is -0.494 e. The Morgan fingerprint density at radius 2 is 2.00 bits per heavy atom. The summed E-state index contributed by atoms with van der Waals surface area (Å²) in [5.41, 5.74) is 1.22. The van der Waals surface area contributed by atoms with E-state index in [4.69, 9.17) is 4.74 Å². The number of fused-ring (bicyclic) bond motifs is 1. The molecule has 0 bridgehead atoms. The van der Waals surface area contributed by atoms with Crippen molar-refractivity contribution in [3.8, 4) is 5.75 Å². The lowest BCUT2D eigenvalue weighted by atomic mass is 9.77. The summed E-state index contributed by atoms with van der Waals surface area (Å²) in [6.45, 7) is 7.11. The Morgan fingerprint density at radius 3 is 2.71 bits per heavy atom. The van der Waals surface area contributed by atoms with Gasteiger partial charge >= 0.3 is 0 Å². The van der Waals surface area contributed by atoms with Crippen LogP contribution in [-0.4, -0.2) is 47.8 Å². The minimum absolute atomic E-state index is 0.0574. The number of nitrogens with one attached hydrogen (secondary N) is 1. The second kappa shape index (κ2) is 7.53. The molecule has 2 aliphatic rings. The number of carbonyl (C=O) groups is 1. The monoisotopic (exact) mass is 332 g/mol. The van der Waals surface area contributed by atoms with Crippen molar-refractivity contribution in [1.82, 2.24) is 10.2 Å². The smallest absolute Gasteiger partial charge is 0.217 e. The van der Waals surface area contributed by atoms with Crippen LogP contribution in [0.3, 0.4) is 0 Å². The Kier molecular flexibility index (Phi) is 5.41. The number of hydrogen-bond donors (Lipinski definition) is 2. The van der Waals surface area contributed by atoms with E-state index in [1.807, 2.05) is 19.1 Å². The van der Waals surface area contributed by atoms with E-state index >= 15 is 0 Å². The third-order valence-electron chi connectivity index (χ3n) is 5.27. The maximum atomic E-state index is 11.3. The number of benzene rings is 1. The summed E-state index contributed by atoms with van der Waals surface area (Å²) in [5.74, 6) is 1.97. The molecule has 1 saturated heterocycles. The SMILES string of the molecule is CCOc1ccccc1CN1C[C@H]2C[C@@H](NC(C)=O)[C@H](O)C[C@H]2C1. The van der Waals surface area contributed by atoms with E-state index in [-0.39, 0.29) is 11.9 Å². The fourth-order valence-electron chi connectivity index (χ4n) is 4.24. The average molecular weight is 332 g/mol. The number of carbonyl (C=O) groups excluding carboxylic acids is 1. The molecule has 5 nitrogen and oxygen atoms in total. The summed E-state index contributed by atoms with van der Waals surface area (Å²) in [4.78, 5) is 13.8. The molecule has 3 rings (SSSR count). The van der Waals surface area contributed by atoms with Gasteiger partial charge in [-0.15, -0.1) is 0 Å². The molecule has 1 aromatic rings. The largest absolute Gasteiger partial charge is 0.494 e. The van der Waals surface area contributed by atoms with Crippen molar-refractivity contribution in [2.75, 3.05) is 19.7 Å². The molecule has 0 radical (unpaired) electrons. The lowest BCUT2D eigenvalue weighted by Crippen LogP contribution is -2.48. The van der Waals surface area contributed by atoms with Crippen LogP contribution in [0.2, 0.25) is 0 Å². The lowest BCUT2D eigenvalue weighted by molar-refractivity contribution is -0.121. The molecule has 0 unspecified atom stereocenters. The first kappa shape index (κ1) is 17.2. The molecule has 1 amide bonds. The number of ether oxygens (including phenoxy) is 1. The van der Waals surface area contributed by atoms with Crippen LogP contribution in [0.25, 0.3) is 0 Å². The number of likely N-dealkylation sites (tertiary alicyclic amines) is 1. The zero-order chi connectivity index (χ0) is 17.1. The highest BCUT2D eigenvalue weighted by Crippen LogP contribution is 2.37. The molecule has 2 fully saturated rings. The summed E-state index contributed by atoms with van der Waals surface area (Å²) in [7, 11) is 0. The predicted octanol–water partition coefficient (Wildman–Crippen LogP) is 1.79. The third kappa shape index (κ3) is 3.90. The van der Waals surface area contributed by atoms with Gasteiger partial charge in [-0.2, -0.15) is 0 Å². The number of aliphatic hydroxyl groups is 1. The number of aliphatic hydroxyl groups excluding tert-OH is 1. The second-order valence-electron chi connectivity index (χ2n) is 7.10. The van der Waals surface area contributed by atoms with Crippen LogP contribution >= 0.6 is 0 Å². The maximum Gasteiger partial charge on any atom is 0.217 e. The van der Waals surface area contributed by atoms with Gasteiger partial charge in [0.05, 0.1) is 18.8 Å². The van der Waals surface area contributed by atoms with Gasteiger partial charge < -0.3 is 15.2 Å². The molecule has 1 aromatic carbocycles. The van der Waals surface area contributed by atoms with Gasteiger partial charge in [0, 0.05) is 32.1 Å². The highest BCUT2D eigenvalue weighted by Gasteiger charge is 2.41. The van der Waals surface area contributed by atoms with E-state index in [9.17, 15) is 9.90 Å². The molecule has 1 heterocycles. The lowest BCUT2D eigenvalue weighted by Gasteiger charge is -2.35. The summed E-state index contributed by atoms with van der Waals surface area (Å²) < 4.78 is 5.73. The molecule has 4 atom stereocenters. The first-order valence-corrected chi connectivity index (χ1v) is 8.95. The molecule has 0 spiro atoms. The van der Waals surface area contributed by atoms with Crippen LogP contribution in [-0.2, 0) is 11.3 Å². The standard InChI is InChI=1S/C19H28N2O3/c1-3-24-19-7-5-4-6-14(19)10-21-11-15-8-17(20-13(2)22)18(23)9-16(15)12-21/h4-7,15-18,23H,3,8-12H2,1-2H3,(H,20,22)/t15-,16+,17-,18-/m1/s1. The molecule has 24 heavy (non-hydrogen) atoms. The van der Waals surface area contributed by atoms with Gasteiger partial charge in [0.1, 0.15) is 5.75 Å². The van der Waals surface area contributed by atoms with Gasteiger partial charge in [-0.05, 0) is 37.7 Å². The topological polar surface area (TPSA) is 61.8 Å². The first-order chi connectivity index (χ1) is 11.6. The summed E-state index contributed by atoms with van der Waals surface area (Å²) in [5, 5.41) is 13.2. The Morgan fingerprint density at radius 1 is 1.29 bits per heavy atom. The van der Waals surface area contributed by atoms with Crippen LogP contribution in [0.15, 0.2) is 24.3 Å². The molecule has 1 saturated carbocycles. The fraction of sp³-hybridized carbons (Fsp3) is 0.632. The summed E-state index contributed by atoms with van der Waals surface area (Å²) >= 11 is 0. The average Bonchev–Trinajstić information content (AvgIpc) is 2.90. The minimum atomic E-state index is -0.425. The van der Waals surface area contributed by atoms with E-state index < -0.39 is 6.10 Å². The summed E-state index contributed by atoms with van der Waals surface area (Å²) in [6.07, 6.45) is 1.22. The van der Waals surface area contributed by atoms with E-state index in [0.29, 0.717) is 18.4 Å². The fourth-order valence-corrected chi connectivity index (χ4v) is 4.24. The first-order valence-electron chi connectivity index (χ1n) is 8.95. The molecule has 132 valence electrons. The normalized spacial score (nSPS) is 30.0. The van der Waals surface area contributed by atoms with E-state index in [1.54, 1.807) is 0 Å². The van der Waals surface area contributed by atoms with Crippen molar-refractivity contribution in [3.63, 3.8) is 0 Å². The number of nitrogens with zero attached hydrogens (tertiary/aromatic N) is 1. The Hall–Kier alpha value is -1.59. The van der Waals surface area contributed by atoms with E-state index in [1.165, 1.54) is 12.5 Å². The Labute approximate surface area is 144 Å². The van der Waals surface area contributed by atoms with Gasteiger partial charge in [0.25, 0.3) is 0 Å². The van der Waals surface area contributed by atoms with Crippen molar-refractivity contribution in [3.05, 3.63) is 29.8 Å². The van der Waals surface area contributed by atoms with Crippen molar-refractivity contribution in [2.24, 2.45) is 11.8 Å². The Balaban J connectivity index is 1.62. The zero-order valence-corrected chi connectivity index (χ0v) is 14.6. The number of amides is 1. The van der Waals surface area contributed by atoms with Crippen LogP contribution in [0, 0.1) is 11.8 Å². The van der Waals surface area contributed by atoms with E-state index in [2.05, 4.69) is 22.3 Å². The molecule has 1 aliphatic carbocycles. The van der Waals surface area contributed by atoms with Crippen LogP contribution in [0.4, 0.5) is 0 Å². The highest BCUT2D eigenvalue weighted by molar-refractivity contribution is 5.73. The predicted molar refractivity (Wildman–Crippen MR) is 92.7 cm³/mol. The maximum absolute atomic E-state index is 11.3. The van der Waals surface area contributed by atoms with Gasteiger partial charge in [-0.3, -0.25) is 9.69 Å². The van der Waals surface area contributed by atoms with Gasteiger partial charge in [0.15, 0.2) is 0 Å². The quantitative estimate of drug-likeness (QED) is 0.863. The van der Waals surface area contributed by atoms with Gasteiger partial charge in [0.2, 0.25) is 5.91 Å². The molecule has 5 heteroatoms. The highest BCUT2D eigenvalue weighted by atomic mass is 16.5. The van der Waals surface area contributed by atoms with Crippen molar-refractivity contribution in [1.29, 1.82) is 0 Å².